The highest BCUT2D eigenvalue weighted by Gasteiger charge is 2.10. The lowest BCUT2D eigenvalue weighted by atomic mass is 10.2. The van der Waals surface area contributed by atoms with Crippen LogP contribution in [0.5, 0.6) is 0 Å². The van der Waals surface area contributed by atoms with Crippen LogP contribution >= 0.6 is 0 Å². The molecule has 1 aromatic carbocycles. The molecule has 1 heterocycles. The highest BCUT2D eigenvalue weighted by Crippen LogP contribution is 2.12. The van der Waals surface area contributed by atoms with E-state index in [-0.39, 0.29) is 6.03 Å². The van der Waals surface area contributed by atoms with Crippen LogP contribution in [-0.2, 0) is 6.54 Å². The molecule has 6 heteroatoms. The van der Waals surface area contributed by atoms with E-state index in [0.717, 1.165) is 11.3 Å². The molecule has 0 bridgehead atoms. The van der Waals surface area contributed by atoms with Crippen molar-refractivity contribution in [2.24, 2.45) is 0 Å². The molecule has 0 radical (unpaired) electrons. The Morgan fingerprint density at radius 2 is 2.25 bits per heavy atom. The van der Waals surface area contributed by atoms with Crippen LogP contribution in [0.15, 0.2) is 28.8 Å². The monoisotopic (exact) mass is 270 g/mol. The van der Waals surface area contributed by atoms with Gasteiger partial charge >= 0.3 is 6.03 Å². The Kier molecular flexibility index (Phi) is 4.01. The van der Waals surface area contributed by atoms with Crippen LogP contribution in [0.25, 0.3) is 0 Å². The van der Waals surface area contributed by atoms with E-state index in [4.69, 9.17) is 9.78 Å². The number of nitriles is 1. The van der Waals surface area contributed by atoms with Gasteiger partial charge in [-0.3, -0.25) is 0 Å². The summed E-state index contributed by atoms with van der Waals surface area (Å²) in [5.74, 6) is 0.689. The zero-order chi connectivity index (χ0) is 14.5. The molecule has 0 saturated carbocycles. The summed E-state index contributed by atoms with van der Waals surface area (Å²) in [6.45, 7) is 3.96. The molecule has 20 heavy (non-hydrogen) atoms. The quantitative estimate of drug-likeness (QED) is 0.896. The molecule has 6 nitrogen and oxygen atoms in total. The van der Waals surface area contributed by atoms with Crippen LogP contribution in [0.1, 0.15) is 22.6 Å². The molecule has 0 atom stereocenters. The lowest BCUT2D eigenvalue weighted by Gasteiger charge is -2.07. The maximum absolute atomic E-state index is 11.8. The number of nitrogens with one attached hydrogen (secondary N) is 2. The van der Waals surface area contributed by atoms with Gasteiger partial charge in [0.1, 0.15) is 5.76 Å². The number of amides is 2. The molecule has 2 amide bonds. The first kappa shape index (κ1) is 13.6. The molecule has 0 fully saturated rings. The summed E-state index contributed by atoms with van der Waals surface area (Å²) in [6.07, 6.45) is 0. The van der Waals surface area contributed by atoms with Gasteiger partial charge in [-0.05, 0) is 32.0 Å². The molecule has 2 aromatic rings. The Balaban J connectivity index is 1.94. The second kappa shape index (κ2) is 5.89. The first-order valence-electron chi connectivity index (χ1n) is 6.07. The summed E-state index contributed by atoms with van der Waals surface area (Å²) in [6, 6.07) is 8.38. The number of rotatable bonds is 3. The van der Waals surface area contributed by atoms with Crippen molar-refractivity contribution in [2.75, 3.05) is 5.32 Å². The highest BCUT2D eigenvalue weighted by atomic mass is 16.5. The second-order valence-corrected chi connectivity index (χ2v) is 4.30. The SMILES string of the molecule is Cc1noc(C)c1CNC(=O)Nc1cccc(C#N)c1. The molecule has 0 unspecified atom stereocenters. The zero-order valence-electron chi connectivity index (χ0n) is 11.2. The summed E-state index contributed by atoms with van der Waals surface area (Å²) < 4.78 is 5.02. The van der Waals surface area contributed by atoms with Crippen LogP contribution in [0.4, 0.5) is 10.5 Å². The molecule has 102 valence electrons. The van der Waals surface area contributed by atoms with Gasteiger partial charge < -0.3 is 15.2 Å². The van der Waals surface area contributed by atoms with Crippen molar-refractivity contribution in [3.05, 3.63) is 46.8 Å². The Morgan fingerprint density at radius 3 is 2.90 bits per heavy atom. The van der Waals surface area contributed by atoms with Crippen LogP contribution in [-0.4, -0.2) is 11.2 Å². The fourth-order valence-electron chi connectivity index (χ4n) is 1.76. The minimum absolute atomic E-state index is 0.338. The number of aryl methyl sites for hydroxylation is 2. The Labute approximate surface area is 116 Å². The van der Waals surface area contributed by atoms with E-state index in [9.17, 15) is 4.79 Å². The fraction of sp³-hybridized carbons (Fsp3) is 0.214. The molecule has 2 rings (SSSR count). The molecule has 0 aliphatic rings. The second-order valence-electron chi connectivity index (χ2n) is 4.30. The lowest BCUT2D eigenvalue weighted by Crippen LogP contribution is -2.28. The Bertz CT molecular complexity index is 651. The van der Waals surface area contributed by atoms with Crippen molar-refractivity contribution in [3.8, 4) is 6.07 Å². The van der Waals surface area contributed by atoms with Gasteiger partial charge in [0.15, 0.2) is 0 Å². The van der Waals surface area contributed by atoms with Crippen molar-refractivity contribution >= 4 is 11.7 Å². The summed E-state index contributed by atoms with van der Waals surface area (Å²) in [5, 5.41) is 18.0. The fourth-order valence-corrected chi connectivity index (χ4v) is 1.76. The van der Waals surface area contributed by atoms with Gasteiger partial charge in [-0.15, -0.1) is 0 Å². The maximum Gasteiger partial charge on any atom is 0.319 e. The smallest absolute Gasteiger partial charge is 0.319 e. The van der Waals surface area contributed by atoms with Gasteiger partial charge in [0.05, 0.1) is 17.3 Å². The van der Waals surface area contributed by atoms with E-state index in [2.05, 4.69) is 15.8 Å². The summed E-state index contributed by atoms with van der Waals surface area (Å²) in [4.78, 5) is 11.8. The molecule has 0 aliphatic heterocycles. The third-order valence-electron chi connectivity index (χ3n) is 2.86. The van der Waals surface area contributed by atoms with Gasteiger partial charge in [-0.2, -0.15) is 5.26 Å². The number of carbonyl (C=O) groups is 1. The van der Waals surface area contributed by atoms with Crippen molar-refractivity contribution in [2.45, 2.75) is 20.4 Å². The van der Waals surface area contributed by atoms with E-state index in [0.29, 0.717) is 23.6 Å². The number of anilines is 1. The molecule has 0 aliphatic carbocycles. The molecule has 0 spiro atoms. The molecule has 1 aromatic heterocycles. The number of hydrogen-bond donors (Lipinski definition) is 2. The minimum Gasteiger partial charge on any atom is -0.361 e. The number of carbonyl (C=O) groups excluding carboxylic acids is 1. The largest absolute Gasteiger partial charge is 0.361 e. The first-order chi connectivity index (χ1) is 9.60. The van der Waals surface area contributed by atoms with Gasteiger partial charge in [0.25, 0.3) is 0 Å². The number of hydrogen-bond acceptors (Lipinski definition) is 4. The first-order valence-corrected chi connectivity index (χ1v) is 6.07. The van der Waals surface area contributed by atoms with Crippen molar-refractivity contribution in [3.63, 3.8) is 0 Å². The maximum atomic E-state index is 11.8. The Morgan fingerprint density at radius 1 is 1.45 bits per heavy atom. The van der Waals surface area contributed by atoms with E-state index in [1.807, 2.05) is 13.0 Å². The van der Waals surface area contributed by atoms with Crippen molar-refractivity contribution in [1.82, 2.24) is 10.5 Å². The predicted octanol–water partition coefficient (Wildman–Crippen LogP) is 2.48. The standard InChI is InChI=1S/C14H14N4O2/c1-9-13(10(2)20-18-9)8-16-14(19)17-12-5-3-4-11(6-12)7-15/h3-6H,8H2,1-2H3,(H2,16,17,19). The van der Waals surface area contributed by atoms with Crippen molar-refractivity contribution < 1.29 is 9.32 Å². The normalized spacial score (nSPS) is 9.85. The van der Waals surface area contributed by atoms with E-state index >= 15 is 0 Å². The van der Waals surface area contributed by atoms with E-state index in [1.165, 1.54) is 0 Å². The average Bonchev–Trinajstić information content (AvgIpc) is 2.76. The summed E-state index contributed by atoms with van der Waals surface area (Å²) in [7, 11) is 0. The molecule has 0 saturated heterocycles. The average molecular weight is 270 g/mol. The van der Waals surface area contributed by atoms with Crippen LogP contribution < -0.4 is 10.6 Å². The number of nitrogens with zero attached hydrogens (tertiary/aromatic N) is 2. The van der Waals surface area contributed by atoms with Crippen molar-refractivity contribution in [1.29, 1.82) is 5.26 Å². The highest BCUT2D eigenvalue weighted by molar-refractivity contribution is 5.89. The lowest BCUT2D eigenvalue weighted by molar-refractivity contribution is 0.251. The number of aromatic nitrogens is 1. The van der Waals surface area contributed by atoms with Gasteiger partial charge in [-0.25, -0.2) is 4.79 Å². The summed E-state index contributed by atoms with van der Waals surface area (Å²) in [5.41, 5.74) is 2.69. The molecular weight excluding hydrogens is 256 g/mol. The summed E-state index contributed by atoms with van der Waals surface area (Å²) >= 11 is 0. The number of urea groups is 1. The zero-order valence-corrected chi connectivity index (χ0v) is 11.2. The van der Waals surface area contributed by atoms with Crippen LogP contribution in [0.3, 0.4) is 0 Å². The van der Waals surface area contributed by atoms with Gasteiger partial charge in [-0.1, -0.05) is 11.2 Å². The van der Waals surface area contributed by atoms with Gasteiger partial charge in [0.2, 0.25) is 0 Å². The van der Waals surface area contributed by atoms with Crippen LogP contribution in [0, 0.1) is 25.2 Å². The number of benzene rings is 1. The van der Waals surface area contributed by atoms with E-state index < -0.39 is 0 Å². The van der Waals surface area contributed by atoms with Crippen LogP contribution in [0.2, 0.25) is 0 Å². The Hall–Kier alpha value is -2.81. The predicted molar refractivity (Wildman–Crippen MR) is 73.0 cm³/mol. The third kappa shape index (κ3) is 3.14. The molecular formula is C14H14N4O2. The molecule has 2 N–H and O–H groups in total. The van der Waals surface area contributed by atoms with E-state index in [1.54, 1.807) is 31.2 Å². The minimum atomic E-state index is -0.347. The third-order valence-corrected chi connectivity index (χ3v) is 2.86. The van der Waals surface area contributed by atoms with Gasteiger partial charge in [0, 0.05) is 17.8 Å². The topological polar surface area (TPSA) is 90.9 Å².